The summed E-state index contributed by atoms with van der Waals surface area (Å²) in [6.07, 6.45) is 31.4. The second-order valence-electron chi connectivity index (χ2n) is 12.6. The molecule has 206 valence electrons. The van der Waals surface area contributed by atoms with Gasteiger partial charge in [0, 0.05) is 0 Å². The maximum absolute atomic E-state index is 6.10. The smallest absolute Gasteiger partial charge is 0.119 e. The summed E-state index contributed by atoms with van der Waals surface area (Å²) in [6.45, 7) is 5.51. The number of rotatable bonds is 18. The van der Waals surface area contributed by atoms with Crippen LogP contribution >= 0.6 is 0 Å². The monoisotopic (exact) mass is 496 g/mol. The van der Waals surface area contributed by atoms with E-state index < -0.39 is 0 Å². The highest BCUT2D eigenvalue weighted by atomic mass is 16.5. The van der Waals surface area contributed by atoms with Gasteiger partial charge in [0.1, 0.15) is 5.75 Å². The molecular weight excluding hydrogens is 436 g/mol. The summed E-state index contributed by atoms with van der Waals surface area (Å²) < 4.78 is 6.10. The van der Waals surface area contributed by atoms with Gasteiger partial charge in [-0.25, -0.2) is 0 Å². The fraction of sp³-hybridized carbons (Fsp3) is 0.829. The first-order chi connectivity index (χ1) is 17.8. The van der Waals surface area contributed by atoms with E-state index in [1.165, 1.54) is 147 Å². The van der Waals surface area contributed by atoms with Crippen molar-refractivity contribution in [3.05, 3.63) is 29.8 Å². The zero-order valence-corrected chi connectivity index (χ0v) is 24.3. The Hall–Kier alpha value is -0.980. The van der Waals surface area contributed by atoms with Crippen LogP contribution in [0.5, 0.6) is 5.75 Å². The summed E-state index contributed by atoms with van der Waals surface area (Å²) in [7, 11) is 0. The van der Waals surface area contributed by atoms with E-state index in [1.54, 1.807) is 0 Å². The van der Waals surface area contributed by atoms with Gasteiger partial charge in [-0.3, -0.25) is 0 Å². The summed E-state index contributed by atoms with van der Waals surface area (Å²) in [4.78, 5) is 0. The summed E-state index contributed by atoms with van der Waals surface area (Å²) in [5.74, 6) is 5.05. The molecular formula is C35H60O. The van der Waals surface area contributed by atoms with Crippen molar-refractivity contribution in [1.82, 2.24) is 0 Å². The topological polar surface area (TPSA) is 9.23 Å². The molecule has 0 atom stereocenters. The van der Waals surface area contributed by atoms with Crippen LogP contribution in [0.1, 0.15) is 154 Å². The van der Waals surface area contributed by atoms with Crippen molar-refractivity contribution >= 4 is 0 Å². The van der Waals surface area contributed by atoms with Gasteiger partial charge in [-0.2, -0.15) is 0 Å². The molecule has 0 saturated heterocycles. The van der Waals surface area contributed by atoms with Crippen LogP contribution in [0.4, 0.5) is 0 Å². The lowest BCUT2D eigenvalue weighted by molar-refractivity contribution is 0.228. The van der Waals surface area contributed by atoms with Crippen LogP contribution in [-0.2, 0) is 6.42 Å². The van der Waals surface area contributed by atoms with Gasteiger partial charge in [0.05, 0.1) is 6.61 Å². The molecule has 0 heterocycles. The molecule has 1 aromatic rings. The van der Waals surface area contributed by atoms with Gasteiger partial charge in [0.2, 0.25) is 0 Å². The van der Waals surface area contributed by atoms with Gasteiger partial charge in [-0.1, -0.05) is 142 Å². The molecule has 1 heteroatoms. The third-order valence-corrected chi connectivity index (χ3v) is 9.65. The second kappa shape index (κ2) is 18.3. The molecule has 2 fully saturated rings. The first-order valence-electron chi connectivity index (χ1n) is 16.5. The molecule has 2 saturated carbocycles. The third-order valence-electron chi connectivity index (χ3n) is 9.65. The predicted octanol–water partition coefficient (Wildman–Crippen LogP) is 11.3. The van der Waals surface area contributed by atoms with E-state index >= 15 is 0 Å². The summed E-state index contributed by atoms with van der Waals surface area (Å²) in [5.41, 5.74) is 1.50. The second-order valence-corrected chi connectivity index (χ2v) is 12.6. The van der Waals surface area contributed by atoms with Gasteiger partial charge in [0.15, 0.2) is 0 Å². The lowest BCUT2D eigenvalue weighted by atomic mass is 9.78. The standard InChI is InChI=1S/C35H60O/c1-3-5-7-9-12-30-15-17-32(18-16-30)14-11-29-36-35-27-25-34(26-28-35)24-23-33-21-19-31(20-22-33)13-10-8-6-4-2/h25-28,30-33H,3-24,29H2,1-2H3. The molecule has 2 aliphatic rings. The van der Waals surface area contributed by atoms with E-state index in [1.807, 2.05) is 0 Å². The lowest BCUT2D eigenvalue weighted by Gasteiger charge is -2.28. The van der Waals surface area contributed by atoms with Crippen LogP contribution < -0.4 is 4.74 Å². The van der Waals surface area contributed by atoms with Gasteiger partial charge in [0.25, 0.3) is 0 Å². The fourth-order valence-electron chi connectivity index (χ4n) is 7.02. The van der Waals surface area contributed by atoms with E-state index in [0.29, 0.717) is 0 Å². The van der Waals surface area contributed by atoms with Gasteiger partial charge >= 0.3 is 0 Å². The quantitative estimate of drug-likeness (QED) is 0.184. The van der Waals surface area contributed by atoms with Crippen LogP contribution in [0.25, 0.3) is 0 Å². The van der Waals surface area contributed by atoms with Crippen LogP contribution in [0.2, 0.25) is 0 Å². The first-order valence-corrected chi connectivity index (χ1v) is 16.5. The van der Waals surface area contributed by atoms with Gasteiger partial charge in [-0.05, 0) is 67.1 Å². The van der Waals surface area contributed by atoms with Crippen LogP contribution in [0.3, 0.4) is 0 Å². The van der Waals surface area contributed by atoms with Crippen molar-refractivity contribution in [1.29, 1.82) is 0 Å². The normalized spacial score (nSPS) is 24.6. The summed E-state index contributed by atoms with van der Waals surface area (Å²) in [6, 6.07) is 9.06. The molecule has 0 bridgehead atoms. The van der Waals surface area contributed by atoms with Crippen LogP contribution in [0.15, 0.2) is 24.3 Å². The molecule has 3 rings (SSSR count). The molecule has 0 amide bonds. The minimum atomic E-state index is 0.887. The lowest BCUT2D eigenvalue weighted by Crippen LogP contribution is -2.15. The fourth-order valence-corrected chi connectivity index (χ4v) is 7.02. The van der Waals surface area contributed by atoms with E-state index in [-0.39, 0.29) is 0 Å². The molecule has 2 aliphatic carbocycles. The molecule has 0 N–H and O–H groups in total. The van der Waals surface area contributed by atoms with Crippen LogP contribution in [-0.4, -0.2) is 6.61 Å². The average Bonchev–Trinajstić information content (AvgIpc) is 2.92. The van der Waals surface area contributed by atoms with Gasteiger partial charge < -0.3 is 4.74 Å². The number of ether oxygens (including phenoxy) is 1. The molecule has 36 heavy (non-hydrogen) atoms. The van der Waals surface area contributed by atoms with Crippen molar-refractivity contribution in [2.75, 3.05) is 6.61 Å². The zero-order valence-electron chi connectivity index (χ0n) is 24.3. The van der Waals surface area contributed by atoms with Gasteiger partial charge in [-0.15, -0.1) is 0 Å². The summed E-state index contributed by atoms with van der Waals surface area (Å²) in [5, 5.41) is 0. The van der Waals surface area contributed by atoms with Crippen LogP contribution in [0, 0.1) is 23.7 Å². The Morgan fingerprint density at radius 3 is 1.44 bits per heavy atom. The molecule has 1 nitrogen and oxygen atoms in total. The SMILES string of the molecule is CCCCCCC1CCC(CCCOc2ccc(CCC3CCC(CCCCCC)CC3)cc2)CC1. The number of benzene rings is 1. The van der Waals surface area contributed by atoms with E-state index in [4.69, 9.17) is 4.74 Å². The Morgan fingerprint density at radius 1 is 0.528 bits per heavy atom. The summed E-state index contributed by atoms with van der Waals surface area (Å²) >= 11 is 0. The predicted molar refractivity (Wildman–Crippen MR) is 158 cm³/mol. The van der Waals surface area contributed by atoms with Crippen molar-refractivity contribution in [2.45, 2.75) is 155 Å². The highest BCUT2D eigenvalue weighted by molar-refractivity contribution is 5.27. The molecule has 0 unspecified atom stereocenters. The van der Waals surface area contributed by atoms with Crippen molar-refractivity contribution < 1.29 is 4.74 Å². The highest BCUT2D eigenvalue weighted by Gasteiger charge is 2.21. The zero-order chi connectivity index (χ0) is 25.3. The first kappa shape index (κ1) is 29.6. The molecule has 0 radical (unpaired) electrons. The van der Waals surface area contributed by atoms with E-state index in [2.05, 4.69) is 38.1 Å². The number of hydrogen-bond acceptors (Lipinski definition) is 1. The number of hydrogen-bond donors (Lipinski definition) is 0. The van der Waals surface area contributed by atoms with Crippen molar-refractivity contribution in [3.8, 4) is 5.75 Å². The van der Waals surface area contributed by atoms with E-state index in [9.17, 15) is 0 Å². The maximum Gasteiger partial charge on any atom is 0.119 e. The third kappa shape index (κ3) is 12.0. The number of unbranched alkanes of at least 4 members (excludes halogenated alkanes) is 6. The Kier molecular flexibility index (Phi) is 15.0. The van der Waals surface area contributed by atoms with Crippen molar-refractivity contribution in [3.63, 3.8) is 0 Å². The highest BCUT2D eigenvalue weighted by Crippen LogP contribution is 2.35. The minimum Gasteiger partial charge on any atom is -0.494 e. The Balaban J connectivity index is 1.19. The Bertz CT molecular complexity index is 633. The minimum absolute atomic E-state index is 0.887. The molecule has 0 aliphatic heterocycles. The Morgan fingerprint density at radius 2 is 0.972 bits per heavy atom. The molecule has 0 spiro atoms. The average molecular weight is 497 g/mol. The Labute approximate surface area is 225 Å². The maximum atomic E-state index is 6.10. The number of aryl methyl sites for hydroxylation is 1. The van der Waals surface area contributed by atoms with E-state index in [0.717, 1.165) is 36.0 Å². The van der Waals surface area contributed by atoms with Crippen molar-refractivity contribution in [2.24, 2.45) is 23.7 Å². The largest absolute Gasteiger partial charge is 0.494 e. The molecule has 1 aromatic carbocycles. The molecule has 0 aromatic heterocycles.